The number of hydrogen-bond acceptors (Lipinski definition) is 4. The molecular weight excluding hydrogens is 306 g/mol. The highest BCUT2D eigenvalue weighted by Gasteiger charge is 2.21. The summed E-state index contributed by atoms with van der Waals surface area (Å²) in [5, 5.41) is 2.53. The van der Waals surface area contributed by atoms with Gasteiger partial charge < -0.3 is 14.8 Å². The molecule has 0 saturated heterocycles. The van der Waals surface area contributed by atoms with Crippen molar-refractivity contribution in [3.05, 3.63) is 48.6 Å². The van der Waals surface area contributed by atoms with Gasteiger partial charge in [-0.1, -0.05) is 62.6 Å². The number of carbonyl (C=O) groups is 2. The maximum Gasteiger partial charge on any atom is 0.408 e. The average Bonchev–Trinajstić information content (AvgIpc) is 2.60. The van der Waals surface area contributed by atoms with Gasteiger partial charge >= 0.3 is 12.1 Å². The van der Waals surface area contributed by atoms with Crippen molar-refractivity contribution in [2.75, 3.05) is 6.61 Å². The van der Waals surface area contributed by atoms with E-state index in [2.05, 4.69) is 18.8 Å². The van der Waals surface area contributed by atoms with E-state index in [1.165, 1.54) is 0 Å². The molecule has 0 aliphatic rings. The third-order valence-corrected chi connectivity index (χ3v) is 3.43. The van der Waals surface area contributed by atoms with Gasteiger partial charge in [0.15, 0.2) is 0 Å². The number of ether oxygens (including phenoxy) is 2. The van der Waals surface area contributed by atoms with Crippen LogP contribution >= 0.6 is 0 Å². The van der Waals surface area contributed by atoms with Gasteiger partial charge in [0.2, 0.25) is 0 Å². The van der Waals surface area contributed by atoms with Crippen molar-refractivity contribution in [3.8, 4) is 0 Å². The Kier molecular flexibility index (Phi) is 10.0. The van der Waals surface area contributed by atoms with Crippen molar-refractivity contribution in [2.45, 2.75) is 51.7 Å². The fourth-order valence-corrected chi connectivity index (χ4v) is 2.09. The number of amides is 1. The Morgan fingerprint density at radius 2 is 1.92 bits per heavy atom. The van der Waals surface area contributed by atoms with Crippen molar-refractivity contribution in [2.24, 2.45) is 0 Å². The first-order valence-corrected chi connectivity index (χ1v) is 8.42. The average molecular weight is 333 g/mol. The number of esters is 1. The van der Waals surface area contributed by atoms with Gasteiger partial charge in [0, 0.05) is 0 Å². The Balaban J connectivity index is 2.36. The number of unbranched alkanes of at least 4 members (excludes halogenated alkanes) is 3. The van der Waals surface area contributed by atoms with Crippen molar-refractivity contribution < 1.29 is 19.1 Å². The number of carbonyl (C=O) groups excluding carboxylic acids is 2. The number of benzene rings is 1. The molecule has 0 bridgehead atoms. The van der Waals surface area contributed by atoms with E-state index in [1.807, 2.05) is 30.3 Å². The number of alkyl carbamates (subject to hydrolysis) is 1. The molecule has 0 fully saturated rings. The third kappa shape index (κ3) is 8.36. The van der Waals surface area contributed by atoms with E-state index in [-0.39, 0.29) is 6.61 Å². The lowest BCUT2D eigenvalue weighted by atomic mass is 10.2. The molecule has 132 valence electrons. The molecular formula is C19H27NO4. The highest BCUT2D eigenvalue weighted by Crippen LogP contribution is 2.04. The van der Waals surface area contributed by atoms with Gasteiger partial charge in [0.1, 0.15) is 12.6 Å². The normalized spacial score (nSPS) is 11.4. The van der Waals surface area contributed by atoms with Crippen molar-refractivity contribution >= 4 is 12.1 Å². The molecule has 5 heteroatoms. The van der Waals surface area contributed by atoms with Crippen LogP contribution in [0.25, 0.3) is 0 Å². The molecule has 0 heterocycles. The maximum atomic E-state index is 12.0. The van der Waals surface area contributed by atoms with E-state index in [0.717, 1.165) is 31.2 Å². The molecule has 0 radical (unpaired) electrons. The van der Waals surface area contributed by atoms with Crippen LogP contribution in [-0.4, -0.2) is 24.7 Å². The van der Waals surface area contributed by atoms with Gasteiger partial charge in [-0.3, -0.25) is 0 Å². The quantitative estimate of drug-likeness (QED) is 0.378. The maximum absolute atomic E-state index is 12.0. The monoisotopic (exact) mass is 333 g/mol. The number of nitrogens with one attached hydrogen (secondary N) is 1. The molecule has 1 amide bonds. The van der Waals surface area contributed by atoms with Crippen LogP contribution in [0.5, 0.6) is 0 Å². The molecule has 1 atom stereocenters. The standard InChI is InChI=1S/C19H27NO4/c1-3-5-6-10-14-23-18(21)17(11-4-2)20-19(22)24-15-16-12-8-7-9-13-16/h4,7-9,12-13,17H,2-3,5-6,10-11,14-15H2,1H3,(H,20,22). The summed E-state index contributed by atoms with van der Waals surface area (Å²) in [5.41, 5.74) is 0.881. The van der Waals surface area contributed by atoms with Crippen LogP contribution in [0.2, 0.25) is 0 Å². The Morgan fingerprint density at radius 1 is 1.17 bits per heavy atom. The lowest BCUT2D eigenvalue weighted by Gasteiger charge is -2.16. The van der Waals surface area contributed by atoms with E-state index in [9.17, 15) is 9.59 Å². The summed E-state index contributed by atoms with van der Waals surface area (Å²) < 4.78 is 10.3. The molecule has 24 heavy (non-hydrogen) atoms. The predicted octanol–water partition coefficient (Wildman–Crippen LogP) is 3.98. The molecule has 1 N–H and O–H groups in total. The van der Waals surface area contributed by atoms with Gasteiger partial charge in [-0.15, -0.1) is 6.58 Å². The molecule has 5 nitrogen and oxygen atoms in total. The topological polar surface area (TPSA) is 64.6 Å². The van der Waals surface area contributed by atoms with E-state index < -0.39 is 18.1 Å². The molecule has 0 saturated carbocycles. The van der Waals surface area contributed by atoms with Crippen LogP contribution in [0.4, 0.5) is 4.79 Å². The van der Waals surface area contributed by atoms with Crippen LogP contribution < -0.4 is 5.32 Å². The summed E-state index contributed by atoms with van der Waals surface area (Å²) in [5.74, 6) is -0.456. The summed E-state index contributed by atoms with van der Waals surface area (Å²) in [7, 11) is 0. The zero-order valence-corrected chi connectivity index (χ0v) is 14.3. The van der Waals surface area contributed by atoms with Crippen LogP contribution in [0.15, 0.2) is 43.0 Å². The summed E-state index contributed by atoms with van der Waals surface area (Å²) in [4.78, 5) is 23.9. The smallest absolute Gasteiger partial charge is 0.408 e. The molecule has 1 aromatic carbocycles. The van der Waals surface area contributed by atoms with Gasteiger partial charge in [0.25, 0.3) is 0 Å². The fraction of sp³-hybridized carbons (Fsp3) is 0.474. The summed E-state index contributed by atoms with van der Waals surface area (Å²) in [6.07, 6.45) is 5.34. The Morgan fingerprint density at radius 3 is 2.58 bits per heavy atom. The van der Waals surface area contributed by atoms with Crippen molar-refractivity contribution in [3.63, 3.8) is 0 Å². The second-order valence-electron chi connectivity index (χ2n) is 5.51. The second-order valence-corrected chi connectivity index (χ2v) is 5.51. The Bertz CT molecular complexity index is 501. The van der Waals surface area contributed by atoms with E-state index >= 15 is 0 Å². The lowest BCUT2D eigenvalue weighted by Crippen LogP contribution is -2.41. The second kappa shape index (κ2) is 12.2. The van der Waals surface area contributed by atoms with Crippen molar-refractivity contribution in [1.29, 1.82) is 0 Å². The van der Waals surface area contributed by atoms with E-state index in [1.54, 1.807) is 6.08 Å². The predicted molar refractivity (Wildman–Crippen MR) is 93.5 cm³/mol. The number of rotatable bonds is 11. The van der Waals surface area contributed by atoms with Crippen LogP contribution in [0.1, 0.15) is 44.6 Å². The molecule has 0 aliphatic heterocycles. The van der Waals surface area contributed by atoms with Crippen LogP contribution in [0.3, 0.4) is 0 Å². The summed E-state index contributed by atoms with van der Waals surface area (Å²) in [6.45, 7) is 6.25. The minimum atomic E-state index is -0.767. The largest absolute Gasteiger partial charge is 0.464 e. The highest BCUT2D eigenvalue weighted by atomic mass is 16.6. The Hall–Kier alpha value is -2.30. The van der Waals surface area contributed by atoms with Gasteiger partial charge in [-0.2, -0.15) is 0 Å². The lowest BCUT2D eigenvalue weighted by molar-refractivity contribution is -0.146. The minimum absolute atomic E-state index is 0.152. The summed E-state index contributed by atoms with van der Waals surface area (Å²) >= 11 is 0. The van der Waals surface area contributed by atoms with Crippen molar-refractivity contribution in [1.82, 2.24) is 5.32 Å². The molecule has 0 aromatic heterocycles. The van der Waals surface area contributed by atoms with Crippen LogP contribution in [-0.2, 0) is 20.9 Å². The zero-order chi connectivity index (χ0) is 17.6. The first-order valence-electron chi connectivity index (χ1n) is 8.42. The first-order chi connectivity index (χ1) is 11.7. The third-order valence-electron chi connectivity index (χ3n) is 3.43. The first kappa shape index (κ1) is 19.7. The SMILES string of the molecule is C=CCC(NC(=O)OCc1ccccc1)C(=O)OCCCCCC. The molecule has 1 aromatic rings. The molecule has 1 rings (SSSR count). The zero-order valence-electron chi connectivity index (χ0n) is 14.3. The molecule has 1 unspecified atom stereocenters. The number of hydrogen-bond donors (Lipinski definition) is 1. The van der Waals surface area contributed by atoms with E-state index in [0.29, 0.717) is 13.0 Å². The van der Waals surface area contributed by atoms with Gasteiger partial charge in [-0.05, 0) is 18.4 Å². The minimum Gasteiger partial charge on any atom is -0.464 e. The molecule has 0 aliphatic carbocycles. The van der Waals surface area contributed by atoms with Gasteiger partial charge in [-0.25, -0.2) is 9.59 Å². The van der Waals surface area contributed by atoms with E-state index in [4.69, 9.17) is 9.47 Å². The highest BCUT2D eigenvalue weighted by molar-refractivity contribution is 5.81. The van der Waals surface area contributed by atoms with Gasteiger partial charge in [0.05, 0.1) is 6.61 Å². The Labute approximate surface area is 144 Å². The summed E-state index contributed by atoms with van der Waals surface area (Å²) in [6, 6.07) is 8.58. The fourth-order valence-electron chi connectivity index (χ4n) is 2.09. The molecule has 0 spiro atoms. The van der Waals surface area contributed by atoms with Crippen LogP contribution in [0, 0.1) is 0 Å².